The molecule has 29 heavy (non-hydrogen) atoms. The Labute approximate surface area is 168 Å². The van der Waals surface area contributed by atoms with Crippen LogP contribution >= 0.6 is 0 Å². The Balaban J connectivity index is 2.36. The molecule has 1 atom stereocenters. The van der Waals surface area contributed by atoms with Crippen molar-refractivity contribution >= 4 is 5.91 Å². The van der Waals surface area contributed by atoms with E-state index in [-0.39, 0.29) is 19.1 Å². The van der Waals surface area contributed by atoms with Crippen LogP contribution in [0.5, 0.6) is 0 Å². The second-order valence-corrected chi connectivity index (χ2v) is 6.87. The number of allylic oxidation sites excluding steroid dienone is 2. The van der Waals surface area contributed by atoms with Crippen molar-refractivity contribution in [1.29, 1.82) is 0 Å². The predicted octanol–water partition coefficient (Wildman–Crippen LogP) is 1.04. The Bertz CT molecular complexity index is 1070. The van der Waals surface area contributed by atoms with Crippen LogP contribution in [0, 0.1) is 13.8 Å². The van der Waals surface area contributed by atoms with Crippen molar-refractivity contribution in [1.82, 2.24) is 19.0 Å². The van der Waals surface area contributed by atoms with Crippen LogP contribution in [0.25, 0.3) is 0 Å². The largest absolute Gasteiger partial charge is 0.348 e. The zero-order valence-corrected chi connectivity index (χ0v) is 17.0. The van der Waals surface area contributed by atoms with Gasteiger partial charge in [0, 0.05) is 0 Å². The summed E-state index contributed by atoms with van der Waals surface area (Å²) in [6, 6.07) is 5.55. The van der Waals surface area contributed by atoms with E-state index in [0.29, 0.717) is 0 Å². The number of rotatable bonds is 8. The van der Waals surface area contributed by atoms with Gasteiger partial charge < -0.3 is 5.32 Å². The first-order chi connectivity index (χ1) is 13.7. The zero-order valence-electron chi connectivity index (χ0n) is 17.0. The third-order valence-corrected chi connectivity index (χ3v) is 4.72. The van der Waals surface area contributed by atoms with Crippen molar-refractivity contribution in [2.75, 3.05) is 0 Å². The summed E-state index contributed by atoms with van der Waals surface area (Å²) in [7, 11) is 0. The molecule has 1 N–H and O–H groups in total. The molecule has 8 heteroatoms. The first-order valence-corrected chi connectivity index (χ1v) is 9.24. The molecule has 8 nitrogen and oxygen atoms in total. The van der Waals surface area contributed by atoms with Crippen molar-refractivity contribution in [3.8, 4) is 0 Å². The number of benzene rings is 1. The number of nitrogens with one attached hydrogen (secondary N) is 1. The summed E-state index contributed by atoms with van der Waals surface area (Å²) >= 11 is 0. The highest BCUT2D eigenvalue weighted by atomic mass is 16.2. The Hall–Kier alpha value is -3.42. The van der Waals surface area contributed by atoms with Gasteiger partial charge in [0.05, 0.1) is 19.1 Å². The number of aryl methyl sites for hydroxylation is 2. The normalized spacial score (nSPS) is 11.7. The highest BCUT2D eigenvalue weighted by Gasteiger charge is 2.18. The Morgan fingerprint density at radius 1 is 0.966 bits per heavy atom. The van der Waals surface area contributed by atoms with E-state index in [0.717, 1.165) is 30.4 Å². The standard InChI is InChI=1S/C21H26N4O4/c1-6-10-23-19(27)24(11-7-2)21(29)25(20(23)28)13-18(26)22-16(5)17-9-8-14(3)15(4)12-17/h6-9,12,16H,1-2,10-11,13H2,3-5H3,(H,22,26). The smallest absolute Gasteiger partial charge is 0.337 e. The molecule has 2 rings (SSSR count). The van der Waals surface area contributed by atoms with E-state index in [2.05, 4.69) is 18.5 Å². The molecule has 0 spiro atoms. The highest BCUT2D eigenvalue weighted by Crippen LogP contribution is 2.16. The molecule has 0 fully saturated rings. The summed E-state index contributed by atoms with van der Waals surface area (Å²) in [4.78, 5) is 50.1. The van der Waals surface area contributed by atoms with E-state index in [9.17, 15) is 19.2 Å². The lowest BCUT2D eigenvalue weighted by Crippen LogP contribution is -2.55. The Morgan fingerprint density at radius 3 is 1.97 bits per heavy atom. The van der Waals surface area contributed by atoms with Gasteiger partial charge in [-0.25, -0.2) is 28.1 Å². The van der Waals surface area contributed by atoms with Gasteiger partial charge in [-0.1, -0.05) is 30.4 Å². The second kappa shape index (κ2) is 9.18. The van der Waals surface area contributed by atoms with Crippen LogP contribution in [-0.4, -0.2) is 19.6 Å². The van der Waals surface area contributed by atoms with E-state index in [1.54, 1.807) is 0 Å². The SMILES string of the molecule is C=CCn1c(=O)n(CC=C)c(=O)n(CC(=O)NC(C)c2ccc(C)c(C)c2)c1=O. The molecular weight excluding hydrogens is 372 g/mol. The van der Waals surface area contributed by atoms with E-state index in [1.165, 1.54) is 12.2 Å². The molecule has 1 amide bonds. The van der Waals surface area contributed by atoms with Crippen LogP contribution in [0.1, 0.15) is 29.7 Å². The van der Waals surface area contributed by atoms with Crippen LogP contribution in [0.15, 0.2) is 57.9 Å². The molecule has 0 saturated carbocycles. The minimum Gasteiger partial charge on any atom is -0.348 e. The number of nitrogens with zero attached hydrogens (tertiary/aromatic N) is 3. The van der Waals surface area contributed by atoms with Gasteiger partial charge in [0.25, 0.3) is 0 Å². The third-order valence-electron chi connectivity index (χ3n) is 4.72. The highest BCUT2D eigenvalue weighted by molar-refractivity contribution is 5.76. The summed E-state index contributed by atoms with van der Waals surface area (Å²) in [5.74, 6) is -0.510. The van der Waals surface area contributed by atoms with E-state index < -0.39 is 29.5 Å². The van der Waals surface area contributed by atoms with Crippen LogP contribution < -0.4 is 22.4 Å². The first kappa shape index (κ1) is 21.9. The number of hydrogen-bond donors (Lipinski definition) is 1. The van der Waals surface area contributed by atoms with Crippen molar-refractivity contribution in [3.05, 3.63) is 91.7 Å². The van der Waals surface area contributed by atoms with Crippen molar-refractivity contribution in [2.45, 2.75) is 46.4 Å². The van der Waals surface area contributed by atoms with Gasteiger partial charge in [-0.15, -0.1) is 13.2 Å². The molecule has 2 aromatic rings. The lowest BCUT2D eigenvalue weighted by atomic mass is 10.0. The minimum absolute atomic E-state index is 0.0737. The molecule has 1 aromatic carbocycles. The average molecular weight is 398 g/mol. The summed E-state index contributed by atoms with van der Waals surface area (Å²) in [6.45, 7) is 12.2. The van der Waals surface area contributed by atoms with Gasteiger partial charge in [0.2, 0.25) is 5.91 Å². The molecule has 0 bridgehead atoms. The van der Waals surface area contributed by atoms with Gasteiger partial charge in [0.15, 0.2) is 0 Å². The molecule has 1 aromatic heterocycles. The molecule has 154 valence electrons. The number of amides is 1. The lowest BCUT2D eigenvalue weighted by Gasteiger charge is -2.17. The zero-order chi connectivity index (χ0) is 21.7. The number of carbonyl (C=O) groups is 1. The molecule has 0 aliphatic carbocycles. The summed E-state index contributed by atoms with van der Waals surface area (Å²) in [5.41, 5.74) is 0.688. The maximum atomic E-state index is 12.6. The maximum Gasteiger partial charge on any atom is 0.337 e. The molecular formula is C21H26N4O4. The van der Waals surface area contributed by atoms with E-state index in [1.807, 2.05) is 39.0 Å². The molecule has 1 heterocycles. The van der Waals surface area contributed by atoms with Gasteiger partial charge in [-0.3, -0.25) is 4.79 Å². The van der Waals surface area contributed by atoms with Gasteiger partial charge >= 0.3 is 17.1 Å². The quantitative estimate of drug-likeness (QED) is 0.672. The van der Waals surface area contributed by atoms with Crippen molar-refractivity contribution < 1.29 is 4.79 Å². The van der Waals surface area contributed by atoms with Crippen molar-refractivity contribution in [2.24, 2.45) is 0 Å². The monoisotopic (exact) mass is 398 g/mol. The number of carbonyl (C=O) groups excluding carboxylic acids is 1. The molecule has 1 unspecified atom stereocenters. The molecule has 0 aliphatic heterocycles. The molecule has 0 aliphatic rings. The molecule has 0 radical (unpaired) electrons. The Morgan fingerprint density at radius 2 is 1.48 bits per heavy atom. The van der Waals surface area contributed by atoms with Crippen LogP contribution in [0.3, 0.4) is 0 Å². The van der Waals surface area contributed by atoms with Gasteiger partial charge in [-0.2, -0.15) is 0 Å². The Kier molecular flexibility index (Phi) is 6.93. The fourth-order valence-electron chi connectivity index (χ4n) is 2.94. The van der Waals surface area contributed by atoms with Crippen molar-refractivity contribution in [3.63, 3.8) is 0 Å². The average Bonchev–Trinajstić information content (AvgIpc) is 2.68. The predicted molar refractivity (Wildman–Crippen MR) is 112 cm³/mol. The fourth-order valence-corrected chi connectivity index (χ4v) is 2.94. The summed E-state index contributed by atoms with van der Waals surface area (Å²) in [5, 5.41) is 2.79. The van der Waals surface area contributed by atoms with Gasteiger partial charge in [0.1, 0.15) is 6.54 Å². The van der Waals surface area contributed by atoms with E-state index in [4.69, 9.17) is 0 Å². The summed E-state index contributed by atoms with van der Waals surface area (Å²) in [6.07, 6.45) is 2.75. The molecule has 0 saturated heterocycles. The second-order valence-electron chi connectivity index (χ2n) is 6.87. The topological polar surface area (TPSA) is 95.1 Å². The third kappa shape index (κ3) is 4.71. The van der Waals surface area contributed by atoms with Gasteiger partial charge in [-0.05, 0) is 37.5 Å². The summed E-state index contributed by atoms with van der Waals surface area (Å²) < 4.78 is 2.47. The lowest BCUT2D eigenvalue weighted by molar-refractivity contribution is -0.122. The number of hydrogen-bond acceptors (Lipinski definition) is 4. The van der Waals surface area contributed by atoms with Crippen LogP contribution in [0.2, 0.25) is 0 Å². The van der Waals surface area contributed by atoms with Crippen LogP contribution in [0.4, 0.5) is 0 Å². The first-order valence-electron chi connectivity index (χ1n) is 9.24. The maximum absolute atomic E-state index is 12.6. The fraction of sp³-hybridized carbons (Fsp3) is 0.333. The van der Waals surface area contributed by atoms with Crippen LogP contribution in [-0.2, 0) is 24.4 Å². The van der Waals surface area contributed by atoms with E-state index >= 15 is 0 Å². The minimum atomic E-state index is -0.853. The number of aromatic nitrogens is 3.